The first-order chi connectivity index (χ1) is 14.6. The lowest BCUT2D eigenvalue weighted by Crippen LogP contribution is -2.21. The Morgan fingerprint density at radius 3 is 2.47 bits per heavy atom. The van der Waals surface area contributed by atoms with Crippen LogP contribution in [0.15, 0.2) is 60.7 Å². The molecule has 150 valence electrons. The van der Waals surface area contributed by atoms with Gasteiger partial charge in [-0.05, 0) is 59.9 Å². The number of carbonyl (C=O) groups excluding carboxylic acids is 1. The van der Waals surface area contributed by atoms with Crippen molar-refractivity contribution < 1.29 is 9.18 Å². The fourth-order valence-electron chi connectivity index (χ4n) is 4.03. The molecule has 1 amide bonds. The van der Waals surface area contributed by atoms with Gasteiger partial charge in [0.25, 0.3) is 0 Å². The van der Waals surface area contributed by atoms with E-state index >= 15 is 4.39 Å². The van der Waals surface area contributed by atoms with Crippen LogP contribution in [0.25, 0.3) is 22.3 Å². The summed E-state index contributed by atoms with van der Waals surface area (Å²) in [6.07, 6.45) is 3.68. The fourth-order valence-corrected chi connectivity index (χ4v) is 4.15. The van der Waals surface area contributed by atoms with Crippen LogP contribution < -0.4 is 5.32 Å². The highest BCUT2D eigenvalue weighted by Crippen LogP contribution is 2.40. The topological polar surface area (TPSA) is 52.9 Å². The van der Waals surface area contributed by atoms with Crippen LogP contribution in [0.5, 0.6) is 0 Å². The Bertz CT molecular complexity index is 1130. The van der Waals surface area contributed by atoms with E-state index in [1.54, 1.807) is 36.4 Å². The lowest BCUT2D eigenvalue weighted by Gasteiger charge is -2.19. The zero-order valence-corrected chi connectivity index (χ0v) is 17.0. The van der Waals surface area contributed by atoms with Crippen LogP contribution in [0.3, 0.4) is 0 Å². The first-order valence-electron chi connectivity index (χ1n) is 9.96. The molecule has 1 N–H and O–H groups in total. The van der Waals surface area contributed by atoms with E-state index in [1.165, 1.54) is 6.07 Å². The summed E-state index contributed by atoms with van der Waals surface area (Å²) < 4.78 is 15.0. The summed E-state index contributed by atoms with van der Waals surface area (Å²) in [4.78, 5) is 12.8. The van der Waals surface area contributed by atoms with Crippen molar-refractivity contribution in [3.8, 4) is 28.3 Å². The maximum absolute atomic E-state index is 15.0. The quantitative estimate of drug-likeness (QED) is 0.505. The van der Waals surface area contributed by atoms with Gasteiger partial charge in [0, 0.05) is 16.5 Å². The molecule has 1 aliphatic rings. The second-order valence-corrected chi connectivity index (χ2v) is 7.95. The highest BCUT2D eigenvalue weighted by atomic mass is 35.5. The summed E-state index contributed by atoms with van der Waals surface area (Å²) in [7, 11) is 0. The summed E-state index contributed by atoms with van der Waals surface area (Å²) >= 11 is 6.04. The van der Waals surface area contributed by atoms with E-state index in [-0.39, 0.29) is 17.5 Å². The molecule has 1 fully saturated rings. The molecule has 0 bridgehead atoms. The maximum Gasteiger partial charge on any atom is 0.227 e. The van der Waals surface area contributed by atoms with E-state index in [4.69, 9.17) is 11.6 Å². The predicted molar refractivity (Wildman–Crippen MR) is 118 cm³/mol. The minimum Gasteiger partial charge on any atom is -0.323 e. The lowest BCUT2D eigenvalue weighted by molar-refractivity contribution is -0.119. The first kappa shape index (κ1) is 20.1. The van der Waals surface area contributed by atoms with Crippen molar-refractivity contribution in [1.82, 2.24) is 0 Å². The van der Waals surface area contributed by atoms with Crippen LogP contribution in [0, 0.1) is 23.1 Å². The first-order valence-corrected chi connectivity index (χ1v) is 10.3. The lowest BCUT2D eigenvalue weighted by atomic mass is 9.91. The fraction of sp³-hybridized carbons (Fsp3) is 0.200. The van der Waals surface area contributed by atoms with E-state index < -0.39 is 5.82 Å². The Hall–Kier alpha value is -3.16. The second kappa shape index (κ2) is 8.69. The number of hydrogen-bond acceptors (Lipinski definition) is 2. The minimum atomic E-state index is -0.503. The van der Waals surface area contributed by atoms with E-state index in [2.05, 4.69) is 11.4 Å². The van der Waals surface area contributed by atoms with Gasteiger partial charge in [-0.3, -0.25) is 4.79 Å². The number of halogens is 2. The number of nitrogens with one attached hydrogen (secondary N) is 1. The Labute approximate surface area is 180 Å². The summed E-state index contributed by atoms with van der Waals surface area (Å²) in [5.74, 6) is -0.754. The number of nitrogens with zero attached hydrogens (tertiary/aromatic N) is 1. The summed E-state index contributed by atoms with van der Waals surface area (Å²) in [6.45, 7) is 0. The molecule has 1 saturated carbocycles. The molecule has 0 aliphatic heterocycles. The van der Waals surface area contributed by atoms with Crippen molar-refractivity contribution in [3.05, 3.63) is 77.1 Å². The molecule has 0 saturated heterocycles. The third-order valence-electron chi connectivity index (χ3n) is 5.56. The van der Waals surface area contributed by atoms with Crippen LogP contribution in [-0.2, 0) is 4.79 Å². The number of rotatable bonds is 4. The SMILES string of the molecule is N#Cc1cccc(-c2c(-c3ccc(Cl)cc3)ccc(F)c2NC(=O)C2CCCC2)c1. The van der Waals surface area contributed by atoms with Crippen molar-refractivity contribution in [3.63, 3.8) is 0 Å². The number of anilines is 1. The van der Waals surface area contributed by atoms with Crippen LogP contribution in [0.2, 0.25) is 5.02 Å². The number of nitriles is 1. The average Bonchev–Trinajstić information content (AvgIpc) is 3.31. The number of carbonyl (C=O) groups is 1. The third kappa shape index (κ3) is 4.08. The van der Waals surface area contributed by atoms with E-state index in [1.807, 2.05) is 18.2 Å². The summed E-state index contributed by atoms with van der Waals surface area (Å²) in [5, 5.41) is 12.8. The number of hydrogen-bond donors (Lipinski definition) is 1. The molecule has 1 aliphatic carbocycles. The number of amides is 1. The van der Waals surface area contributed by atoms with Crippen LogP contribution in [0.4, 0.5) is 10.1 Å². The Balaban J connectivity index is 1.89. The van der Waals surface area contributed by atoms with Crippen molar-refractivity contribution in [2.45, 2.75) is 25.7 Å². The van der Waals surface area contributed by atoms with Crippen LogP contribution in [-0.4, -0.2) is 5.91 Å². The van der Waals surface area contributed by atoms with Crippen molar-refractivity contribution in [2.75, 3.05) is 5.32 Å². The van der Waals surface area contributed by atoms with Gasteiger partial charge in [-0.1, -0.05) is 54.8 Å². The van der Waals surface area contributed by atoms with Gasteiger partial charge >= 0.3 is 0 Å². The highest BCUT2D eigenvalue weighted by Gasteiger charge is 2.25. The molecule has 3 aromatic carbocycles. The van der Waals surface area contributed by atoms with Crippen LogP contribution >= 0.6 is 11.6 Å². The molecule has 0 radical (unpaired) electrons. The predicted octanol–water partition coefficient (Wildman–Crippen LogP) is 6.81. The molecule has 0 unspecified atom stereocenters. The van der Waals surface area contributed by atoms with Crippen molar-refractivity contribution in [1.29, 1.82) is 5.26 Å². The Morgan fingerprint density at radius 2 is 1.77 bits per heavy atom. The maximum atomic E-state index is 15.0. The molecular weight excluding hydrogens is 399 g/mol. The highest BCUT2D eigenvalue weighted by molar-refractivity contribution is 6.30. The number of benzene rings is 3. The largest absolute Gasteiger partial charge is 0.323 e. The minimum absolute atomic E-state index is 0.0955. The summed E-state index contributed by atoms with van der Waals surface area (Å²) in [5.41, 5.74) is 3.43. The van der Waals surface area contributed by atoms with Gasteiger partial charge in [0.05, 0.1) is 17.3 Å². The zero-order valence-electron chi connectivity index (χ0n) is 16.3. The molecule has 5 heteroatoms. The monoisotopic (exact) mass is 418 g/mol. The molecule has 3 aromatic rings. The smallest absolute Gasteiger partial charge is 0.227 e. The molecule has 0 atom stereocenters. The van der Waals surface area contributed by atoms with Gasteiger partial charge in [-0.2, -0.15) is 5.26 Å². The molecule has 0 spiro atoms. The van der Waals surface area contributed by atoms with Crippen LogP contribution in [0.1, 0.15) is 31.2 Å². The molecule has 0 heterocycles. The standard InChI is InChI=1S/C25H20ClFN2O/c26-20-10-8-17(9-11-20)21-12-13-22(27)24(29-25(30)18-5-1-2-6-18)23(21)19-7-3-4-16(14-19)15-28/h3-4,7-14,18H,1-2,5-6H2,(H,29,30). The molecule has 0 aromatic heterocycles. The Kier molecular flexibility index (Phi) is 5.83. The van der Waals surface area contributed by atoms with Gasteiger partial charge < -0.3 is 5.32 Å². The molecule has 30 heavy (non-hydrogen) atoms. The average molecular weight is 419 g/mol. The molecular formula is C25H20ClFN2O. The van der Waals surface area contributed by atoms with Gasteiger partial charge in [-0.25, -0.2) is 4.39 Å². The molecule has 3 nitrogen and oxygen atoms in total. The van der Waals surface area contributed by atoms with E-state index in [0.717, 1.165) is 36.8 Å². The van der Waals surface area contributed by atoms with Crippen molar-refractivity contribution in [2.24, 2.45) is 5.92 Å². The van der Waals surface area contributed by atoms with Crippen molar-refractivity contribution >= 4 is 23.2 Å². The third-order valence-corrected chi connectivity index (χ3v) is 5.82. The van der Waals surface area contributed by atoms with E-state index in [0.29, 0.717) is 21.7 Å². The van der Waals surface area contributed by atoms with Gasteiger partial charge in [0.2, 0.25) is 5.91 Å². The van der Waals surface area contributed by atoms with Gasteiger partial charge in [-0.15, -0.1) is 0 Å². The Morgan fingerprint density at radius 1 is 1.03 bits per heavy atom. The van der Waals surface area contributed by atoms with E-state index in [9.17, 15) is 10.1 Å². The van der Waals surface area contributed by atoms with Gasteiger partial charge in [0.15, 0.2) is 0 Å². The second-order valence-electron chi connectivity index (χ2n) is 7.52. The zero-order chi connectivity index (χ0) is 21.1. The van der Waals surface area contributed by atoms with Gasteiger partial charge in [0.1, 0.15) is 5.82 Å². The summed E-state index contributed by atoms with van der Waals surface area (Å²) in [6, 6.07) is 19.4. The normalized spacial score (nSPS) is 13.8. The molecule has 4 rings (SSSR count).